The normalized spacial score (nSPS) is 11.2. The van der Waals surface area contributed by atoms with Crippen molar-refractivity contribution in [2.24, 2.45) is 0 Å². The molecule has 5 heteroatoms. The first-order valence-electron chi connectivity index (χ1n) is 11.4. The summed E-state index contributed by atoms with van der Waals surface area (Å²) in [5, 5.41) is 2.97. The van der Waals surface area contributed by atoms with Crippen LogP contribution in [0.1, 0.15) is 39.7 Å². The molecule has 2 heterocycles. The first kappa shape index (κ1) is 21.7. The summed E-state index contributed by atoms with van der Waals surface area (Å²) in [5.74, 6) is 1.14. The Labute approximate surface area is 198 Å². The first-order chi connectivity index (χ1) is 16.4. The summed E-state index contributed by atoms with van der Waals surface area (Å²) >= 11 is 0. The van der Waals surface area contributed by atoms with Crippen molar-refractivity contribution in [3.05, 3.63) is 94.7 Å². The number of nitrogens with one attached hydrogen (secondary N) is 1. The Bertz CT molecular complexity index is 1520. The second-order valence-electron chi connectivity index (χ2n) is 8.62. The van der Waals surface area contributed by atoms with Gasteiger partial charge in [-0.3, -0.25) is 4.79 Å². The molecule has 5 aromatic rings. The van der Waals surface area contributed by atoms with Gasteiger partial charge < -0.3 is 14.2 Å². The molecule has 0 aliphatic rings. The van der Waals surface area contributed by atoms with E-state index < -0.39 is 0 Å². The maximum Gasteiger partial charge on any atom is 0.291 e. The largest absolute Gasteiger partial charge is 0.451 e. The summed E-state index contributed by atoms with van der Waals surface area (Å²) in [6, 6.07) is 21.5. The lowest BCUT2D eigenvalue weighted by Crippen LogP contribution is -2.11. The van der Waals surface area contributed by atoms with Crippen LogP contribution < -0.4 is 5.32 Å². The molecular formula is C29H26N2O3. The van der Waals surface area contributed by atoms with Crippen molar-refractivity contribution in [2.45, 2.75) is 34.1 Å². The van der Waals surface area contributed by atoms with Gasteiger partial charge in [-0.25, -0.2) is 4.98 Å². The topological polar surface area (TPSA) is 68.3 Å². The van der Waals surface area contributed by atoms with E-state index in [1.54, 1.807) is 6.07 Å². The minimum atomic E-state index is -0.305. The molecule has 2 aromatic heterocycles. The maximum atomic E-state index is 12.9. The molecular weight excluding hydrogens is 424 g/mol. The van der Waals surface area contributed by atoms with Crippen LogP contribution in [0.3, 0.4) is 0 Å². The summed E-state index contributed by atoms with van der Waals surface area (Å²) in [4.78, 5) is 17.6. The molecule has 0 fully saturated rings. The van der Waals surface area contributed by atoms with Gasteiger partial charge in [0.05, 0.1) is 0 Å². The van der Waals surface area contributed by atoms with Crippen LogP contribution >= 0.6 is 0 Å². The van der Waals surface area contributed by atoms with Crippen molar-refractivity contribution in [2.75, 3.05) is 5.32 Å². The molecule has 0 spiro atoms. The van der Waals surface area contributed by atoms with Crippen molar-refractivity contribution in [3.63, 3.8) is 0 Å². The van der Waals surface area contributed by atoms with Crippen LogP contribution in [-0.2, 0) is 6.42 Å². The van der Waals surface area contributed by atoms with E-state index in [9.17, 15) is 4.79 Å². The first-order valence-corrected chi connectivity index (χ1v) is 11.4. The lowest BCUT2D eigenvalue weighted by atomic mass is 10.1. The van der Waals surface area contributed by atoms with Crippen molar-refractivity contribution in [1.82, 2.24) is 4.98 Å². The molecule has 34 heavy (non-hydrogen) atoms. The third-order valence-electron chi connectivity index (χ3n) is 6.21. The zero-order valence-electron chi connectivity index (χ0n) is 19.7. The van der Waals surface area contributed by atoms with Gasteiger partial charge in [0.1, 0.15) is 11.3 Å². The number of rotatable bonds is 5. The number of anilines is 1. The zero-order chi connectivity index (χ0) is 23.8. The van der Waals surface area contributed by atoms with Crippen LogP contribution in [-0.4, -0.2) is 10.9 Å². The molecule has 5 rings (SSSR count). The van der Waals surface area contributed by atoms with E-state index in [0.29, 0.717) is 17.3 Å². The fourth-order valence-corrected chi connectivity index (χ4v) is 3.90. The summed E-state index contributed by atoms with van der Waals surface area (Å²) in [6.07, 6.45) is 0.941. The van der Waals surface area contributed by atoms with Gasteiger partial charge in [0.15, 0.2) is 11.3 Å². The molecule has 0 saturated carbocycles. The number of aryl methyl sites for hydroxylation is 4. The standard InChI is InChI=1S/C29H26N2O3/c1-5-20-8-11-26-24(15-20)31-29(34-26)22-10-7-18(3)23(16-22)30-28(32)27-13-12-25(33-27)21-9-6-17(2)19(4)14-21/h6-16H,5H2,1-4H3,(H,30,32). The second kappa shape index (κ2) is 8.67. The number of amides is 1. The predicted molar refractivity (Wildman–Crippen MR) is 135 cm³/mol. The number of hydrogen-bond donors (Lipinski definition) is 1. The minimum Gasteiger partial charge on any atom is -0.451 e. The molecule has 0 aliphatic heterocycles. The average molecular weight is 451 g/mol. The van der Waals surface area contributed by atoms with Gasteiger partial charge in [-0.05, 0) is 91.9 Å². The van der Waals surface area contributed by atoms with Crippen LogP contribution in [0.2, 0.25) is 0 Å². The Hall–Kier alpha value is -4.12. The maximum absolute atomic E-state index is 12.9. The highest BCUT2D eigenvalue weighted by atomic mass is 16.4. The SMILES string of the molecule is CCc1ccc2oc(-c3ccc(C)c(NC(=O)c4ccc(-c5ccc(C)c(C)c5)o4)c3)nc2c1. The monoisotopic (exact) mass is 450 g/mol. The van der Waals surface area contributed by atoms with Gasteiger partial charge in [0.25, 0.3) is 5.91 Å². The van der Waals surface area contributed by atoms with Crippen molar-refractivity contribution in [3.8, 4) is 22.8 Å². The number of carbonyl (C=O) groups is 1. The number of hydrogen-bond acceptors (Lipinski definition) is 4. The van der Waals surface area contributed by atoms with E-state index in [-0.39, 0.29) is 11.7 Å². The molecule has 3 aromatic carbocycles. The molecule has 0 bridgehead atoms. The third kappa shape index (κ3) is 4.13. The number of fused-ring (bicyclic) bond motifs is 1. The van der Waals surface area contributed by atoms with Crippen LogP contribution in [0.4, 0.5) is 5.69 Å². The Morgan fingerprint density at radius 1 is 0.824 bits per heavy atom. The molecule has 0 atom stereocenters. The summed E-state index contributed by atoms with van der Waals surface area (Å²) < 4.78 is 11.8. The van der Waals surface area contributed by atoms with Gasteiger partial charge in [0.2, 0.25) is 5.89 Å². The Balaban J connectivity index is 1.40. The van der Waals surface area contributed by atoms with E-state index in [0.717, 1.165) is 34.2 Å². The number of furan rings is 1. The quantitative estimate of drug-likeness (QED) is 0.301. The molecule has 170 valence electrons. The Kier molecular flexibility index (Phi) is 5.54. The lowest BCUT2D eigenvalue weighted by Gasteiger charge is -2.08. The van der Waals surface area contributed by atoms with Gasteiger partial charge in [-0.1, -0.05) is 31.2 Å². The fraction of sp³-hybridized carbons (Fsp3) is 0.172. The van der Waals surface area contributed by atoms with Crippen LogP contribution in [0.15, 0.2) is 75.6 Å². The van der Waals surface area contributed by atoms with Gasteiger partial charge in [0, 0.05) is 16.8 Å². The van der Waals surface area contributed by atoms with Crippen molar-refractivity contribution < 1.29 is 13.6 Å². The number of aromatic nitrogens is 1. The lowest BCUT2D eigenvalue weighted by molar-refractivity contribution is 0.0997. The highest BCUT2D eigenvalue weighted by molar-refractivity contribution is 6.03. The smallest absolute Gasteiger partial charge is 0.291 e. The Morgan fingerprint density at radius 2 is 1.62 bits per heavy atom. The minimum absolute atomic E-state index is 0.256. The van der Waals surface area contributed by atoms with E-state index in [1.165, 1.54) is 16.7 Å². The number of nitrogens with zero attached hydrogens (tertiary/aromatic N) is 1. The predicted octanol–water partition coefficient (Wildman–Crippen LogP) is 7.49. The summed E-state index contributed by atoms with van der Waals surface area (Å²) in [5.41, 5.74) is 8.54. The molecule has 1 amide bonds. The van der Waals surface area contributed by atoms with Crippen LogP contribution in [0.25, 0.3) is 33.9 Å². The van der Waals surface area contributed by atoms with E-state index in [4.69, 9.17) is 8.83 Å². The highest BCUT2D eigenvalue weighted by Gasteiger charge is 2.16. The molecule has 0 aliphatic carbocycles. The van der Waals surface area contributed by atoms with Gasteiger partial charge in [-0.15, -0.1) is 0 Å². The van der Waals surface area contributed by atoms with E-state index in [2.05, 4.69) is 43.2 Å². The Morgan fingerprint density at radius 3 is 2.41 bits per heavy atom. The summed E-state index contributed by atoms with van der Waals surface area (Å²) in [7, 11) is 0. The number of carbonyl (C=O) groups excluding carboxylic acids is 1. The summed E-state index contributed by atoms with van der Waals surface area (Å²) in [6.45, 7) is 8.19. The highest BCUT2D eigenvalue weighted by Crippen LogP contribution is 2.30. The van der Waals surface area contributed by atoms with E-state index >= 15 is 0 Å². The van der Waals surface area contributed by atoms with E-state index in [1.807, 2.05) is 55.5 Å². The van der Waals surface area contributed by atoms with Gasteiger partial charge in [-0.2, -0.15) is 0 Å². The molecule has 0 saturated heterocycles. The van der Waals surface area contributed by atoms with Crippen LogP contribution in [0.5, 0.6) is 0 Å². The fourth-order valence-electron chi connectivity index (χ4n) is 3.90. The molecule has 5 nitrogen and oxygen atoms in total. The number of oxazole rings is 1. The third-order valence-corrected chi connectivity index (χ3v) is 6.21. The van der Waals surface area contributed by atoms with Crippen molar-refractivity contribution in [1.29, 1.82) is 0 Å². The zero-order valence-corrected chi connectivity index (χ0v) is 19.7. The van der Waals surface area contributed by atoms with Gasteiger partial charge >= 0.3 is 0 Å². The van der Waals surface area contributed by atoms with Crippen LogP contribution in [0, 0.1) is 20.8 Å². The average Bonchev–Trinajstić information content (AvgIpc) is 3.49. The molecule has 0 radical (unpaired) electrons. The second-order valence-corrected chi connectivity index (χ2v) is 8.62. The molecule has 1 N–H and O–H groups in total. The molecule has 0 unspecified atom stereocenters. The number of benzene rings is 3. The van der Waals surface area contributed by atoms with Crippen molar-refractivity contribution >= 4 is 22.7 Å².